The third-order valence-corrected chi connectivity index (χ3v) is 2.74. The van der Waals surface area contributed by atoms with Crippen LogP contribution >= 0.6 is 34.2 Å². The molecule has 5 heteroatoms. The second-order valence-electron chi connectivity index (χ2n) is 2.03. The van der Waals surface area contributed by atoms with Crippen LogP contribution in [0, 0.1) is 16.4 Å². The molecule has 0 aromatic carbocycles. The Morgan fingerprint density at radius 3 is 2.73 bits per heavy atom. The zero-order valence-corrected chi connectivity index (χ0v) is 8.57. The number of rotatable bonds is 0. The van der Waals surface area contributed by atoms with Gasteiger partial charge < -0.3 is 5.73 Å². The molecule has 60 valence electrons. The van der Waals surface area contributed by atoms with E-state index in [4.69, 9.17) is 17.3 Å². The quantitative estimate of drug-likeness (QED) is 0.587. The molecule has 0 aliphatic heterocycles. The molecule has 0 atom stereocenters. The Morgan fingerprint density at radius 2 is 2.18 bits per heavy atom. The molecule has 1 aromatic rings. The van der Waals surface area contributed by atoms with E-state index in [1.54, 1.807) is 29.5 Å². The molecule has 2 nitrogen and oxygen atoms in total. The predicted molar refractivity (Wildman–Crippen MR) is 51.1 cm³/mol. The van der Waals surface area contributed by atoms with E-state index in [1.807, 2.05) is 0 Å². The maximum absolute atomic E-state index is 12.8. The van der Waals surface area contributed by atoms with Crippen molar-refractivity contribution in [3.05, 3.63) is 20.2 Å². The fourth-order valence-electron chi connectivity index (χ4n) is 0.648. The van der Waals surface area contributed by atoms with Gasteiger partial charge in [0.05, 0.1) is 20.0 Å². The van der Waals surface area contributed by atoms with Gasteiger partial charge in [-0.2, -0.15) is 4.39 Å². The maximum atomic E-state index is 12.8. The smallest absolute Gasteiger partial charge is 0.228 e. The van der Waals surface area contributed by atoms with Gasteiger partial charge in [0, 0.05) is 0 Å². The van der Waals surface area contributed by atoms with Crippen molar-refractivity contribution < 1.29 is 4.39 Å². The first kappa shape index (κ1) is 8.99. The number of aryl methyl sites for hydroxylation is 1. The van der Waals surface area contributed by atoms with Crippen LogP contribution in [-0.4, -0.2) is 4.98 Å². The Balaban J connectivity index is 3.46. The lowest BCUT2D eigenvalue weighted by Crippen LogP contribution is -2.00. The van der Waals surface area contributed by atoms with Crippen LogP contribution in [0.5, 0.6) is 0 Å². The summed E-state index contributed by atoms with van der Waals surface area (Å²) in [6.45, 7) is 1.61. The summed E-state index contributed by atoms with van der Waals surface area (Å²) in [5.41, 5.74) is 6.14. The molecule has 0 saturated carbocycles. The Kier molecular flexibility index (Phi) is 2.54. The summed E-state index contributed by atoms with van der Waals surface area (Å²) < 4.78 is 13.0. The Morgan fingerprint density at radius 1 is 1.64 bits per heavy atom. The van der Waals surface area contributed by atoms with Crippen LogP contribution in [0.2, 0.25) is 5.02 Å². The zero-order chi connectivity index (χ0) is 8.59. The predicted octanol–water partition coefficient (Wildman–Crippen LogP) is 2.37. The first-order valence-corrected chi connectivity index (χ1v) is 4.26. The Hall–Kier alpha value is -0.100. The lowest BCUT2D eigenvalue weighted by Gasteiger charge is -2.03. The van der Waals surface area contributed by atoms with Crippen molar-refractivity contribution in [2.24, 2.45) is 0 Å². The van der Waals surface area contributed by atoms with Gasteiger partial charge in [-0.1, -0.05) is 11.6 Å². The average molecular weight is 286 g/mol. The van der Waals surface area contributed by atoms with Crippen molar-refractivity contribution in [2.45, 2.75) is 6.92 Å². The van der Waals surface area contributed by atoms with Gasteiger partial charge >= 0.3 is 0 Å². The molecule has 1 rings (SSSR count). The Labute approximate surface area is 82.1 Å². The van der Waals surface area contributed by atoms with Crippen molar-refractivity contribution in [1.29, 1.82) is 0 Å². The van der Waals surface area contributed by atoms with Crippen molar-refractivity contribution in [1.82, 2.24) is 4.98 Å². The van der Waals surface area contributed by atoms with Gasteiger partial charge in [-0.15, -0.1) is 0 Å². The Bertz CT molecular complexity index is 277. The summed E-state index contributed by atoms with van der Waals surface area (Å²) >= 11 is 7.46. The molecule has 11 heavy (non-hydrogen) atoms. The van der Waals surface area contributed by atoms with E-state index in [1.165, 1.54) is 0 Å². The van der Waals surface area contributed by atoms with Crippen molar-refractivity contribution in [3.8, 4) is 0 Å². The van der Waals surface area contributed by atoms with Crippen LogP contribution in [0.15, 0.2) is 0 Å². The summed E-state index contributed by atoms with van der Waals surface area (Å²) in [5, 5.41) is 0.329. The van der Waals surface area contributed by atoms with Crippen molar-refractivity contribution in [3.63, 3.8) is 0 Å². The normalized spacial score (nSPS) is 10.2. The van der Waals surface area contributed by atoms with Crippen LogP contribution in [0.3, 0.4) is 0 Å². The first-order valence-electron chi connectivity index (χ1n) is 2.80. The van der Waals surface area contributed by atoms with E-state index in [9.17, 15) is 4.39 Å². The molecule has 0 saturated heterocycles. The van der Waals surface area contributed by atoms with E-state index in [2.05, 4.69) is 4.98 Å². The van der Waals surface area contributed by atoms with Gasteiger partial charge in [-0.25, -0.2) is 4.98 Å². The molecular weight excluding hydrogens is 281 g/mol. The monoisotopic (exact) mass is 286 g/mol. The number of aromatic nitrogens is 1. The van der Waals surface area contributed by atoms with Crippen LogP contribution < -0.4 is 5.73 Å². The minimum absolute atomic E-state index is 0.261. The first-order chi connectivity index (χ1) is 5.04. The largest absolute Gasteiger partial charge is 0.396 e. The van der Waals surface area contributed by atoms with E-state index in [-0.39, 0.29) is 9.26 Å². The average Bonchev–Trinajstić information content (AvgIpc) is 1.97. The van der Waals surface area contributed by atoms with Crippen LogP contribution in [-0.2, 0) is 0 Å². The highest BCUT2D eigenvalue weighted by molar-refractivity contribution is 14.1. The topological polar surface area (TPSA) is 38.9 Å². The second kappa shape index (κ2) is 3.10. The number of halogens is 3. The minimum atomic E-state index is -0.565. The lowest BCUT2D eigenvalue weighted by molar-refractivity contribution is 0.573. The van der Waals surface area contributed by atoms with Crippen LogP contribution in [0.25, 0.3) is 0 Å². The van der Waals surface area contributed by atoms with Crippen molar-refractivity contribution >= 4 is 39.9 Å². The van der Waals surface area contributed by atoms with Gasteiger partial charge in [-0.05, 0) is 29.5 Å². The molecule has 0 aliphatic rings. The number of nitrogen functional groups attached to an aromatic ring is 1. The standard InChI is InChI=1S/C6H5ClFIN2/c1-2-3(7)5(10)4(9)6(8)11-2/h1H3,(H2,10,11). The van der Waals surface area contributed by atoms with Gasteiger partial charge in [0.25, 0.3) is 0 Å². The van der Waals surface area contributed by atoms with E-state index >= 15 is 0 Å². The molecular formula is C6H5ClFIN2. The maximum Gasteiger partial charge on any atom is 0.228 e. The number of nitrogens with zero attached hydrogens (tertiary/aromatic N) is 1. The summed E-state index contributed by atoms with van der Waals surface area (Å²) in [4.78, 5) is 3.55. The molecule has 1 heterocycles. The van der Waals surface area contributed by atoms with Crippen LogP contribution in [0.4, 0.5) is 10.1 Å². The number of hydrogen-bond donors (Lipinski definition) is 1. The fraction of sp³-hybridized carbons (Fsp3) is 0.167. The molecule has 1 aromatic heterocycles. The van der Waals surface area contributed by atoms with E-state index in [0.29, 0.717) is 10.7 Å². The summed E-state index contributed by atoms with van der Waals surface area (Å²) in [7, 11) is 0. The van der Waals surface area contributed by atoms with Crippen LogP contribution in [0.1, 0.15) is 5.69 Å². The molecule has 0 radical (unpaired) electrons. The zero-order valence-electron chi connectivity index (χ0n) is 5.66. The molecule has 2 N–H and O–H groups in total. The SMILES string of the molecule is Cc1nc(F)c(I)c(N)c1Cl. The van der Waals surface area contributed by atoms with Gasteiger partial charge in [0.1, 0.15) is 0 Å². The number of pyridine rings is 1. The molecule has 0 unspecified atom stereocenters. The highest BCUT2D eigenvalue weighted by Gasteiger charge is 2.10. The van der Waals surface area contributed by atoms with Gasteiger partial charge in [-0.3, -0.25) is 0 Å². The van der Waals surface area contributed by atoms with E-state index < -0.39 is 5.95 Å². The van der Waals surface area contributed by atoms with Gasteiger partial charge in [0.15, 0.2) is 0 Å². The summed E-state index contributed by atoms with van der Waals surface area (Å²) in [6, 6.07) is 0. The summed E-state index contributed by atoms with van der Waals surface area (Å²) in [6.07, 6.45) is 0. The molecule has 0 aliphatic carbocycles. The molecule has 0 amide bonds. The van der Waals surface area contributed by atoms with Gasteiger partial charge in [0.2, 0.25) is 5.95 Å². The highest BCUT2D eigenvalue weighted by Crippen LogP contribution is 2.27. The minimum Gasteiger partial charge on any atom is -0.396 e. The lowest BCUT2D eigenvalue weighted by atomic mass is 10.3. The number of anilines is 1. The highest BCUT2D eigenvalue weighted by atomic mass is 127. The van der Waals surface area contributed by atoms with Crippen molar-refractivity contribution in [2.75, 3.05) is 5.73 Å². The summed E-state index contributed by atoms with van der Waals surface area (Å²) in [5.74, 6) is -0.565. The third-order valence-electron chi connectivity index (χ3n) is 1.24. The second-order valence-corrected chi connectivity index (χ2v) is 3.49. The fourth-order valence-corrected chi connectivity index (χ4v) is 1.33. The number of nitrogens with two attached hydrogens (primary N) is 1. The van der Waals surface area contributed by atoms with E-state index in [0.717, 1.165) is 0 Å². The molecule has 0 spiro atoms. The number of hydrogen-bond acceptors (Lipinski definition) is 2. The third kappa shape index (κ3) is 1.56. The molecule has 0 fully saturated rings. The molecule has 0 bridgehead atoms.